The second-order valence-electron chi connectivity index (χ2n) is 5.10. The van der Waals surface area contributed by atoms with Crippen molar-refractivity contribution in [1.29, 1.82) is 0 Å². The molecule has 0 radical (unpaired) electrons. The molecule has 0 spiro atoms. The minimum Gasteiger partial charge on any atom is -0.478 e. The summed E-state index contributed by atoms with van der Waals surface area (Å²) < 4.78 is 4.98. The first-order valence-corrected chi connectivity index (χ1v) is 6.92. The fourth-order valence-electron chi connectivity index (χ4n) is 2.48. The minimum absolute atomic E-state index is 0.0621. The first kappa shape index (κ1) is 15.3. The molecular weight excluding hydrogens is 272 g/mol. The van der Waals surface area contributed by atoms with E-state index < -0.39 is 5.97 Å². The number of methoxy groups -OCH3 is 1. The van der Waals surface area contributed by atoms with Crippen LogP contribution in [0.15, 0.2) is 18.2 Å². The van der Waals surface area contributed by atoms with Crippen LogP contribution in [0.25, 0.3) is 0 Å². The average molecular weight is 292 g/mol. The predicted octanol–water partition coefficient (Wildman–Crippen LogP) is 1.84. The van der Waals surface area contributed by atoms with Crippen molar-refractivity contribution in [3.8, 4) is 0 Å². The molecule has 6 nitrogen and oxygen atoms in total. The van der Waals surface area contributed by atoms with Crippen molar-refractivity contribution in [2.24, 2.45) is 0 Å². The van der Waals surface area contributed by atoms with E-state index >= 15 is 0 Å². The van der Waals surface area contributed by atoms with Gasteiger partial charge in [0.25, 0.3) is 0 Å². The number of anilines is 1. The summed E-state index contributed by atoms with van der Waals surface area (Å²) in [5, 5.41) is 9.00. The second kappa shape index (κ2) is 6.58. The number of carboxylic acid groups (broad SMARTS) is 1. The van der Waals surface area contributed by atoms with Gasteiger partial charge in [-0.15, -0.1) is 0 Å². The largest absolute Gasteiger partial charge is 0.478 e. The Balaban J connectivity index is 2.08. The number of rotatable bonds is 5. The van der Waals surface area contributed by atoms with Gasteiger partial charge in [0.05, 0.1) is 5.56 Å². The van der Waals surface area contributed by atoms with Crippen molar-refractivity contribution in [2.75, 3.05) is 38.8 Å². The monoisotopic (exact) mass is 292 g/mol. The maximum Gasteiger partial charge on any atom is 0.335 e. The zero-order valence-corrected chi connectivity index (χ0v) is 12.3. The lowest BCUT2D eigenvalue weighted by atomic mass is 10.1. The molecule has 1 N–H and O–H groups in total. The lowest BCUT2D eigenvalue weighted by Gasteiger charge is -2.25. The Bertz CT molecular complexity index is 544. The highest BCUT2D eigenvalue weighted by atomic mass is 16.5. The molecule has 2 amide bonds. The summed E-state index contributed by atoms with van der Waals surface area (Å²) in [7, 11) is 3.40. The van der Waals surface area contributed by atoms with E-state index in [1.54, 1.807) is 36.1 Å². The molecule has 1 aliphatic heterocycles. The molecule has 0 aromatic heterocycles. The van der Waals surface area contributed by atoms with Crippen LogP contribution >= 0.6 is 0 Å². The van der Waals surface area contributed by atoms with Crippen LogP contribution < -0.4 is 4.90 Å². The van der Waals surface area contributed by atoms with Gasteiger partial charge in [0.15, 0.2) is 0 Å². The van der Waals surface area contributed by atoms with E-state index in [1.807, 2.05) is 0 Å². The third-order valence-corrected chi connectivity index (χ3v) is 3.62. The standard InChI is InChI=1S/C15H20N2O4/c1-16(7-3-9-21-2)15(20)17-8-6-11-10-12(14(18)19)4-5-13(11)17/h4-5,10H,3,6-9H2,1-2H3,(H,18,19). The summed E-state index contributed by atoms with van der Waals surface area (Å²) >= 11 is 0. The first-order valence-electron chi connectivity index (χ1n) is 6.92. The van der Waals surface area contributed by atoms with Crippen molar-refractivity contribution in [2.45, 2.75) is 12.8 Å². The highest BCUT2D eigenvalue weighted by Gasteiger charge is 2.27. The van der Waals surface area contributed by atoms with Crippen LogP contribution in [0.5, 0.6) is 0 Å². The molecule has 1 aromatic rings. The van der Waals surface area contributed by atoms with Gasteiger partial charge in [0, 0.05) is 39.5 Å². The molecule has 0 saturated heterocycles. The number of hydrogen-bond donors (Lipinski definition) is 1. The van der Waals surface area contributed by atoms with Crippen molar-refractivity contribution >= 4 is 17.7 Å². The topological polar surface area (TPSA) is 70.1 Å². The molecule has 1 aromatic carbocycles. The number of carboxylic acids is 1. The van der Waals surface area contributed by atoms with Crippen molar-refractivity contribution in [3.05, 3.63) is 29.3 Å². The number of amides is 2. The number of carbonyl (C=O) groups excluding carboxylic acids is 1. The number of benzene rings is 1. The Morgan fingerprint density at radius 2 is 2.19 bits per heavy atom. The number of aromatic carboxylic acids is 1. The van der Waals surface area contributed by atoms with Crippen molar-refractivity contribution in [3.63, 3.8) is 0 Å². The Morgan fingerprint density at radius 3 is 2.86 bits per heavy atom. The Kier molecular flexibility index (Phi) is 4.80. The normalized spacial score (nSPS) is 13.1. The van der Waals surface area contributed by atoms with Gasteiger partial charge in [-0.1, -0.05) is 0 Å². The Morgan fingerprint density at radius 1 is 1.43 bits per heavy atom. The third-order valence-electron chi connectivity index (χ3n) is 3.62. The number of carbonyl (C=O) groups is 2. The molecule has 0 saturated carbocycles. The van der Waals surface area contributed by atoms with E-state index in [1.165, 1.54) is 6.07 Å². The summed E-state index contributed by atoms with van der Waals surface area (Å²) in [5.74, 6) is -0.945. The maximum absolute atomic E-state index is 12.4. The van der Waals surface area contributed by atoms with Crippen LogP contribution in [0.2, 0.25) is 0 Å². The molecule has 21 heavy (non-hydrogen) atoms. The number of urea groups is 1. The van der Waals surface area contributed by atoms with E-state index in [4.69, 9.17) is 9.84 Å². The van der Waals surface area contributed by atoms with E-state index in [0.717, 1.165) is 17.7 Å². The zero-order valence-electron chi connectivity index (χ0n) is 12.3. The fourth-order valence-corrected chi connectivity index (χ4v) is 2.48. The van der Waals surface area contributed by atoms with Gasteiger partial charge in [-0.3, -0.25) is 4.90 Å². The van der Waals surface area contributed by atoms with Crippen LogP contribution in [-0.2, 0) is 11.2 Å². The summed E-state index contributed by atoms with van der Waals surface area (Å²) in [6.07, 6.45) is 1.48. The molecule has 2 rings (SSSR count). The highest BCUT2D eigenvalue weighted by molar-refractivity contribution is 5.95. The number of ether oxygens (including phenoxy) is 1. The number of hydrogen-bond acceptors (Lipinski definition) is 3. The molecule has 0 fully saturated rings. The van der Waals surface area contributed by atoms with Crippen LogP contribution in [0.3, 0.4) is 0 Å². The molecule has 1 aliphatic rings. The molecule has 0 unspecified atom stereocenters. The smallest absolute Gasteiger partial charge is 0.335 e. The summed E-state index contributed by atoms with van der Waals surface area (Å²) in [5.41, 5.74) is 1.98. The first-order chi connectivity index (χ1) is 10.0. The second-order valence-corrected chi connectivity index (χ2v) is 5.10. The van der Waals surface area contributed by atoms with Gasteiger partial charge in [-0.25, -0.2) is 9.59 Å². The fraction of sp³-hybridized carbons (Fsp3) is 0.467. The average Bonchev–Trinajstić information content (AvgIpc) is 2.89. The molecule has 6 heteroatoms. The molecule has 1 heterocycles. The predicted molar refractivity (Wildman–Crippen MR) is 79.0 cm³/mol. The maximum atomic E-state index is 12.4. The van der Waals surface area contributed by atoms with E-state index in [9.17, 15) is 9.59 Å². The van der Waals surface area contributed by atoms with Gasteiger partial charge in [-0.05, 0) is 36.6 Å². The summed E-state index contributed by atoms with van der Waals surface area (Å²) in [4.78, 5) is 26.8. The van der Waals surface area contributed by atoms with E-state index in [2.05, 4.69) is 0 Å². The van der Waals surface area contributed by atoms with Gasteiger partial charge >= 0.3 is 12.0 Å². The summed E-state index contributed by atoms with van der Waals surface area (Å²) in [6, 6.07) is 4.84. The van der Waals surface area contributed by atoms with E-state index in [0.29, 0.717) is 26.1 Å². The Labute approximate surface area is 123 Å². The van der Waals surface area contributed by atoms with Crippen LogP contribution in [0.4, 0.5) is 10.5 Å². The quantitative estimate of drug-likeness (QED) is 0.841. The van der Waals surface area contributed by atoms with E-state index in [-0.39, 0.29) is 11.6 Å². The lowest BCUT2D eigenvalue weighted by Crippen LogP contribution is -2.41. The number of nitrogens with zero attached hydrogens (tertiary/aromatic N) is 2. The van der Waals surface area contributed by atoms with Crippen LogP contribution in [0, 0.1) is 0 Å². The van der Waals surface area contributed by atoms with Crippen LogP contribution in [0.1, 0.15) is 22.3 Å². The third kappa shape index (κ3) is 3.33. The SMILES string of the molecule is COCCCN(C)C(=O)N1CCc2cc(C(=O)O)ccc21. The molecular formula is C15H20N2O4. The molecule has 0 bridgehead atoms. The molecule has 114 valence electrons. The minimum atomic E-state index is -0.945. The summed E-state index contributed by atoms with van der Waals surface area (Å²) in [6.45, 7) is 1.84. The van der Waals surface area contributed by atoms with Crippen molar-refractivity contribution < 1.29 is 19.4 Å². The molecule has 0 aliphatic carbocycles. The lowest BCUT2D eigenvalue weighted by molar-refractivity contribution is 0.0697. The Hall–Kier alpha value is -2.08. The number of fused-ring (bicyclic) bond motifs is 1. The van der Waals surface area contributed by atoms with Crippen molar-refractivity contribution in [1.82, 2.24) is 4.90 Å². The van der Waals surface area contributed by atoms with Crippen LogP contribution in [-0.4, -0.2) is 55.9 Å². The van der Waals surface area contributed by atoms with Gasteiger partial charge < -0.3 is 14.7 Å². The van der Waals surface area contributed by atoms with Gasteiger partial charge in [-0.2, -0.15) is 0 Å². The molecule has 0 atom stereocenters. The van der Waals surface area contributed by atoms with Gasteiger partial charge in [0.1, 0.15) is 0 Å². The highest BCUT2D eigenvalue weighted by Crippen LogP contribution is 2.29. The zero-order chi connectivity index (χ0) is 15.4. The van der Waals surface area contributed by atoms with Gasteiger partial charge in [0.2, 0.25) is 0 Å².